The fraction of sp³-hybridized carbons (Fsp3) is 0.600. The summed E-state index contributed by atoms with van der Waals surface area (Å²) in [6.45, 7) is 20.0. The minimum absolute atomic E-state index is 0.0887. The number of nitrogens with zero attached hydrogens (tertiary/aromatic N) is 5. The number of pyridine rings is 1. The molecule has 45 heavy (non-hydrogen) atoms. The van der Waals surface area contributed by atoms with Gasteiger partial charge in [-0.1, -0.05) is 39.3 Å². The van der Waals surface area contributed by atoms with Gasteiger partial charge in [-0.05, 0) is 51.0 Å². The van der Waals surface area contributed by atoms with Crippen molar-refractivity contribution in [2.45, 2.75) is 72.6 Å². The van der Waals surface area contributed by atoms with Gasteiger partial charge in [0, 0.05) is 80.4 Å². The minimum atomic E-state index is -0.453. The lowest BCUT2D eigenvalue weighted by atomic mass is 9.44. The second-order valence-corrected chi connectivity index (χ2v) is 15.3. The van der Waals surface area contributed by atoms with Gasteiger partial charge in [-0.15, -0.1) is 0 Å². The summed E-state index contributed by atoms with van der Waals surface area (Å²) >= 11 is 6.23. The second kappa shape index (κ2) is 12.5. The fourth-order valence-corrected chi connectivity index (χ4v) is 7.84. The normalized spacial score (nSPS) is 23.4. The Morgan fingerprint density at radius 3 is 2.27 bits per heavy atom. The number of anilines is 1. The molecule has 0 spiro atoms. The summed E-state index contributed by atoms with van der Waals surface area (Å²) < 4.78 is 11.8. The van der Waals surface area contributed by atoms with E-state index in [1.165, 1.54) is 0 Å². The number of halogens is 1. The molecule has 1 aromatic heterocycles. The number of carbonyl (C=O) groups is 2. The summed E-state index contributed by atoms with van der Waals surface area (Å²) in [5.74, 6) is 1.57. The molecule has 2 saturated heterocycles. The number of esters is 1. The molecule has 0 atom stereocenters. The monoisotopic (exact) mass is 635 g/mol. The summed E-state index contributed by atoms with van der Waals surface area (Å²) in [6, 6.07) is 11.5. The number of carbonyl (C=O) groups excluding carboxylic acids is 2. The van der Waals surface area contributed by atoms with E-state index in [1.807, 2.05) is 32.9 Å². The molecule has 1 saturated carbocycles. The molecule has 3 fully saturated rings. The number of Topliss-reactive ketones (excluding diaryl/α,β-unsaturated/α-hetero) is 1. The number of rotatable bonds is 9. The van der Waals surface area contributed by atoms with Crippen LogP contribution in [-0.2, 0) is 9.53 Å². The zero-order valence-electron chi connectivity index (χ0n) is 27.6. The lowest BCUT2D eigenvalue weighted by Crippen LogP contribution is -2.66. The van der Waals surface area contributed by atoms with Crippen LogP contribution in [0.2, 0.25) is 5.02 Å². The first-order valence-corrected chi connectivity index (χ1v) is 16.2. The molecule has 1 aliphatic carbocycles. The zero-order chi connectivity index (χ0) is 32.7. The minimum Gasteiger partial charge on any atom is -0.489 e. The van der Waals surface area contributed by atoms with E-state index in [9.17, 15) is 9.59 Å². The lowest BCUT2D eigenvalue weighted by molar-refractivity contribution is -0.196. The summed E-state index contributed by atoms with van der Waals surface area (Å²) in [5, 5.41) is 9.54. The quantitative estimate of drug-likeness (QED) is 0.263. The van der Waals surface area contributed by atoms with E-state index >= 15 is 0 Å². The Hall–Kier alpha value is -3.19. The number of benzene rings is 1. The molecule has 1 aromatic carbocycles. The largest absolute Gasteiger partial charge is 0.489 e. The SMILES string of the molecule is CC(C)(C)OC(=O)CN1CC(N2CCN(c3ccc(C(=O)CC4C(C)(C)C(Oc5ccc(C#N)c(Cl)c5)C4(C)C)cn3)CC2)C1. The molecular weight excluding hydrogens is 590 g/mol. The van der Waals surface area contributed by atoms with Crippen LogP contribution in [0.5, 0.6) is 5.75 Å². The first-order chi connectivity index (χ1) is 21.1. The zero-order valence-corrected chi connectivity index (χ0v) is 28.4. The molecule has 0 N–H and O–H groups in total. The van der Waals surface area contributed by atoms with Gasteiger partial charge in [0.25, 0.3) is 0 Å². The standard InChI is InChI=1S/C35H46ClN5O4/c1-33(2,3)45-31(43)22-39-20-25(21-39)40-12-14-41(15-13-40)30-11-9-24(19-38-30)28(42)17-29-34(4,5)32(35(29,6)7)44-26-10-8-23(18-37)27(36)16-26/h8-11,16,19,25,29,32H,12-15,17,20-22H2,1-7H3. The van der Waals surface area contributed by atoms with Crippen LogP contribution in [-0.4, -0.2) is 90.1 Å². The van der Waals surface area contributed by atoms with Crippen LogP contribution in [0.3, 0.4) is 0 Å². The van der Waals surface area contributed by atoms with Gasteiger partial charge >= 0.3 is 5.97 Å². The Morgan fingerprint density at radius 1 is 1.04 bits per heavy atom. The summed E-state index contributed by atoms with van der Waals surface area (Å²) in [7, 11) is 0. The summed E-state index contributed by atoms with van der Waals surface area (Å²) in [5.41, 5.74) is 0.122. The predicted octanol–water partition coefficient (Wildman–Crippen LogP) is 5.46. The lowest BCUT2D eigenvalue weighted by Gasteiger charge is -2.63. The van der Waals surface area contributed by atoms with Crippen molar-refractivity contribution in [1.82, 2.24) is 14.8 Å². The van der Waals surface area contributed by atoms with E-state index in [0.717, 1.165) is 45.1 Å². The third-order valence-electron chi connectivity index (χ3n) is 9.79. The molecule has 3 aliphatic rings. The second-order valence-electron chi connectivity index (χ2n) is 14.9. The van der Waals surface area contributed by atoms with E-state index in [4.69, 9.17) is 26.3 Å². The molecule has 0 unspecified atom stereocenters. The van der Waals surface area contributed by atoms with Gasteiger partial charge in [-0.3, -0.25) is 19.4 Å². The highest BCUT2D eigenvalue weighted by Crippen LogP contribution is 2.61. The van der Waals surface area contributed by atoms with E-state index in [2.05, 4.69) is 53.4 Å². The highest BCUT2D eigenvalue weighted by molar-refractivity contribution is 6.31. The molecule has 0 radical (unpaired) electrons. The van der Waals surface area contributed by atoms with Crippen LogP contribution in [0, 0.1) is 28.1 Å². The number of ether oxygens (including phenoxy) is 2. The van der Waals surface area contributed by atoms with Crippen molar-refractivity contribution in [2.24, 2.45) is 16.7 Å². The highest BCUT2D eigenvalue weighted by atomic mass is 35.5. The van der Waals surface area contributed by atoms with Crippen LogP contribution in [0.15, 0.2) is 36.5 Å². The maximum absolute atomic E-state index is 13.4. The van der Waals surface area contributed by atoms with Crippen LogP contribution in [0.1, 0.15) is 70.8 Å². The molecule has 2 aliphatic heterocycles. The predicted molar refractivity (Wildman–Crippen MR) is 175 cm³/mol. The first-order valence-electron chi connectivity index (χ1n) is 15.9. The van der Waals surface area contributed by atoms with Crippen molar-refractivity contribution in [3.8, 4) is 11.8 Å². The van der Waals surface area contributed by atoms with Crippen molar-refractivity contribution in [3.05, 3.63) is 52.7 Å². The Morgan fingerprint density at radius 2 is 1.71 bits per heavy atom. The smallest absolute Gasteiger partial charge is 0.320 e. The third-order valence-corrected chi connectivity index (χ3v) is 10.1. The Labute approximate surface area is 272 Å². The average Bonchev–Trinajstić information content (AvgIpc) is 2.95. The van der Waals surface area contributed by atoms with Crippen LogP contribution in [0.25, 0.3) is 0 Å². The molecule has 242 valence electrons. The average molecular weight is 636 g/mol. The fourth-order valence-electron chi connectivity index (χ4n) is 7.63. The molecule has 9 nitrogen and oxygen atoms in total. The number of likely N-dealkylation sites (tertiary alicyclic amines) is 1. The van der Waals surface area contributed by atoms with Gasteiger partial charge < -0.3 is 14.4 Å². The van der Waals surface area contributed by atoms with Crippen molar-refractivity contribution in [3.63, 3.8) is 0 Å². The van der Waals surface area contributed by atoms with Crippen molar-refractivity contribution >= 4 is 29.2 Å². The Bertz CT molecular complexity index is 1430. The van der Waals surface area contributed by atoms with Crippen LogP contribution >= 0.6 is 11.6 Å². The maximum atomic E-state index is 13.4. The molecule has 10 heteroatoms. The van der Waals surface area contributed by atoms with Gasteiger partial charge in [0.05, 0.1) is 17.1 Å². The molecule has 2 aromatic rings. The van der Waals surface area contributed by atoms with Gasteiger partial charge in [-0.2, -0.15) is 5.26 Å². The Kier molecular flexibility index (Phi) is 9.25. The number of hydrogen-bond donors (Lipinski definition) is 0. The van der Waals surface area contributed by atoms with Crippen LogP contribution < -0.4 is 9.64 Å². The Balaban J connectivity index is 1.09. The summed E-state index contributed by atoms with van der Waals surface area (Å²) in [6.07, 6.45) is 2.02. The van der Waals surface area contributed by atoms with Gasteiger partial charge in [0.1, 0.15) is 29.3 Å². The van der Waals surface area contributed by atoms with E-state index < -0.39 is 5.60 Å². The number of aromatic nitrogens is 1. The van der Waals surface area contributed by atoms with Crippen LogP contribution in [0.4, 0.5) is 5.82 Å². The molecule has 5 rings (SSSR count). The topological polar surface area (TPSA) is 99.0 Å². The van der Waals surface area contributed by atoms with E-state index in [-0.39, 0.29) is 34.6 Å². The number of nitriles is 1. The van der Waals surface area contributed by atoms with Crippen molar-refractivity contribution in [2.75, 3.05) is 50.7 Å². The molecule has 0 amide bonds. The number of piperazine rings is 1. The number of hydrogen-bond acceptors (Lipinski definition) is 9. The highest BCUT2D eigenvalue weighted by Gasteiger charge is 2.63. The van der Waals surface area contributed by atoms with E-state index in [0.29, 0.717) is 40.9 Å². The first kappa shape index (κ1) is 33.2. The molecular formula is C35H46ClN5O4. The number of ketones is 1. The summed E-state index contributed by atoms with van der Waals surface area (Å²) in [4.78, 5) is 37.1. The maximum Gasteiger partial charge on any atom is 0.320 e. The van der Waals surface area contributed by atoms with Crippen molar-refractivity contribution < 1.29 is 19.1 Å². The van der Waals surface area contributed by atoms with Gasteiger partial charge in [-0.25, -0.2) is 4.98 Å². The molecule has 3 heterocycles. The van der Waals surface area contributed by atoms with Gasteiger partial charge in [0.2, 0.25) is 0 Å². The molecule has 0 bridgehead atoms. The van der Waals surface area contributed by atoms with Crippen molar-refractivity contribution in [1.29, 1.82) is 5.26 Å². The van der Waals surface area contributed by atoms with E-state index in [1.54, 1.807) is 24.4 Å². The third kappa shape index (κ3) is 7.14. The van der Waals surface area contributed by atoms with Gasteiger partial charge in [0.15, 0.2) is 5.78 Å².